The summed E-state index contributed by atoms with van der Waals surface area (Å²) in [5.74, 6) is -1.56. The van der Waals surface area contributed by atoms with Crippen LogP contribution in [0.1, 0.15) is 35.1 Å². The third-order valence-electron chi connectivity index (χ3n) is 5.63. The van der Waals surface area contributed by atoms with Crippen molar-refractivity contribution in [1.82, 2.24) is 29.2 Å². The van der Waals surface area contributed by atoms with Crippen molar-refractivity contribution in [1.29, 1.82) is 0 Å². The van der Waals surface area contributed by atoms with Gasteiger partial charge in [-0.1, -0.05) is 6.07 Å². The van der Waals surface area contributed by atoms with Gasteiger partial charge in [0, 0.05) is 44.4 Å². The van der Waals surface area contributed by atoms with Crippen molar-refractivity contribution in [2.24, 2.45) is 7.05 Å². The van der Waals surface area contributed by atoms with E-state index in [1.54, 1.807) is 55.6 Å². The summed E-state index contributed by atoms with van der Waals surface area (Å²) in [5, 5.41) is 15.5. The Balaban J connectivity index is 1.76. The van der Waals surface area contributed by atoms with Crippen LogP contribution in [0, 0.1) is 13.8 Å². The van der Waals surface area contributed by atoms with Crippen LogP contribution >= 0.6 is 0 Å². The minimum absolute atomic E-state index is 0.0468. The van der Waals surface area contributed by atoms with Gasteiger partial charge in [0.2, 0.25) is 0 Å². The summed E-state index contributed by atoms with van der Waals surface area (Å²) in [6.07, 6.45) is 7.48. The topological polar surface area (TPSA) is 106 Å². The molecule has 1 atom stereocenters. The number of aromatic nitrogens is 5. The number of hydrogen-bond acceptors (Lipinski definition) is 6. The van der Waals surface area contributed by atoms with Gasteiger partial charge in [0.15, 0.2) is 0 Å². The lowest BCUT2D eigenvalue weighted by Crippen LogP contribution is -2.31. The van der Waals surface area contributed by atoms with Crippen LogP contribution in [-0.4, -0.2) is 52.6 Å². The number of imidazole rings is 1. The smallest absolute Gasteiger partial charge is 0.295 e. The van der Waals surface area contributed by atoms with E-state index < -0.39 is 17.7 Å². The van der Waals surface area contributed by atoms with Crippen molar-refractivity contribution in [3.63, 3.8) is 0 Å². The highest BCUT2D eigenvalue weighted by molar-refractivity contribution is 6.46. The van der Waals surface area contributed by atoms with E-state index in [1.807, 2.05) is 17.7 Å². The lowest BCUT2D eigenvalue weighted by Gasteiger charge is -2.24. The quantitative estimate of drug-likeness (QED) is 0.372. The van der Waals surface area contributed by atoms with Crippen LogP contribution < -0.4 is 0 Å². The van der Waals surface area contributed by atoms with E-state index in [0.29, 0.717) is 42.2 Å². The van der Waals surface area contributed by atoms with Crippen molar-refractivity contribution in [2.45, 2.75) is 32.9 Å². The maximum Gasteiger partial charge on any atom is 0.295 e. The molecule has 3 aromatic heterocycles. The SMILES string of the molecule is Cc1nn(C)c(C)c1/C(O)=C1\C(=O)C(=O)N(CCCn2ccnc2)[C@@H]1c1ccccn1. The van der Waals surface area contributed by atoms with E-state index in [2.05, 4.69) is 15.1 Å². The van der Waals surface area contributed by atoms with Gasteiger partial charge in [0.1, 0.15) is 11.8 Å². The van der Waals surface area contributed by atoms with Gasteiger partial charge in [0.25, 0.3) is 11.7 Å². The third-order valence-corrected chi connectivity index (χ3v) is 5.63. The molecule has 3 aromatic rings. The van der Waals surface area contributed by atoms with E-state index in [0.717, 1.165) is 0 Å². The van der Waals surface area contributed by atoms with E-state index >= 15 is 0 Å². The van der Waals surface area contributed by atoms with E-state index in [9.17, 15) is 14.7 Å². The summed E-state index contributed by atoms with van der Waals surface area (Å²) >= 11 is 0. The first-order valence-electron chi connectivity index (χ1n) is 10.1. The van der Waals surface area contributed by atoms with Crippen molar-refractivity contribution >= 4 is 17.4 Å². The number of Topliss-reactive ketones (excluding diaryl/α,β-unsaturated/α-hetero) is 1. The van der Waals surface area contributed by atoms with Gasteiger partial charge in [-0.15, -0.1) is 0 Å². The van der Waals surface area contributed by atoms with Gasteiger partial charge in [0.05, 0.1) is 28.9 Å². The largest absolute Gasteiger partial charge is 0.507 e. The van der Waals surface area contributed by atoms with Gasteiger partial charge in [-0.05, 0) is 32.4 Å². The van der Waals surface area contributed by atoms with Gasteiger partial charge in [-0.3, -0.25) is 19.3 Å². The minimum Gasteiger partial charge on any atom is -0.507 e. The number of rotatable bonds is 6. The van der Waals surface area contributed by atoms with Gasteiger partial charge in [-0.2, -0.15) is 5.10 Å². The first-order chi connectivity index (χ1) is 14.9. The summed E-state index contributed by atoms with van der Waals surface area (Å²) in [4.78, 5) is 35.9. The fraction of sp³-hybridized carbons (Fsp3) is 0.318. The third kappa shape index (κ3) is 3.63. The van der Waals surface area contributed by atoms with E-state index in [4.69, 9.17) is 0 Å². The molecule has 0 unspecified atom stereocenters. The second kappa shape index (κ2) is 8.17. The summed E-state index contributed by atoms with van der Waals surface area (Å²) in [7, 11) is 1.77. The highest BCUT2D eigenvalue weighted by Gasteiger charge is 2.46. The molecule has 4 rings (SSSR count). The zero-order valence-corrected chi connectivity index (χ0v) is 17.7. The number of likely N-dealkylation sites (tertiary alicyclic amines) is 1. The minimum atomic E-state index is -0.761. The van der Waals surface area contributed by atoms with Crippen LogP contribution in [0.15, 0.2) is 48.7 Å². The molecular formula is C22H24N6O3. The van der Waals surface area contributed by atoms with Crippen LogP contribution in [0.3, 0.4) is 0 Å². The second-order valence-electron chi connectivity index (χ2n) is 7.57. The fourth-order valence-corrected chi connectivity index (χ4v) is 4.05. The van der Waals surface area contributed by atoms with E-state index in [-0.39, 0.29) is 11.3 Å². The average molecular weight is 420 g/mol. The number of carbonyl (C=O) groups excluding carboxylic acids is 2. The normalized spacial score (nSPS) is 18.2. The molecule has 9 heteroatoms. The molecule has 4 heterocycles. The Bertz CT molecular complexity index is 1150. The maximum atomic E-state index is 13.1. The highest BCUT2D eigenvalue weighted by Crippen LogP contribution is 2.39. The van der Waals surface area contributed by atoms with Gasteiger partial charge in [-0.25, -0.2) is 4.98 Å². The molecule has 1 aliphatic heterocycles. The summed E-state index contributed by atoms with van der Waals surface area (Å²) in [5.41, 5.74) is 2.35. The first kappa shape index (κ1) is 20.5. The van der Waals surface area contributed by atoms with Crippen LogP contribution in [-0.2, 0) is 23.2 Å². The zero-order valence-electron chi connectivity index (χ0n) is 17.7. The number of amides is 1. The summed E-state index contributed by atoms with van der Waals surface area (Å²) in [6.45, 7) is 4.57. The Kier molecular flexibility index (Phi) is 5.41. The molecule has 160 valence electrons. The Labute approximate surface area is 179 Å². The number of aliphatic hydroxyl groups excluding tert-OH is 1. The molecule has 0 saturated carbocycles. The number of pyridine rings is 1. The Hall–Kier alpha value is -3.75. The number of ketones is 1. The van der Waals surface area contributed by atoms with Crippen LogP contribution in [0.4, 0.5) is 0 Å². The van der Waals surface area contributed by atoms with Gasteiger partial charge >= 0.3 is 0 Å². The standard InChI is InChI=1S/C22H24N6O3/c1-14-17(15(2)26(3)25-14)20(29)18-19(16-7-4-5-8-24-16)28(22(31)21(18)30)11-6-10-27-12-9-23-13-27/h4-5,7-9,12-13,19,29H,6,10-11H2,1-3H3/b20-18+/t19-/m1/s1. The molecule has 1 fully saturated rings. The maximum absolute atomic E-state index is 13.1. The summed E-state index contributed by atoms with van der Waals surface area (Å²) in [6, 6.07) is 4.57. The van der Waals surface area contributed by atoms with Crippen molar-refractivity contribution in [3.05, 3.63) is 71.3 Å². The Morgan fingerprint density at radius 2 is 1.97 bits per heavy atom. The van der Waals surface area contributed by atoms with Crippen LogP contribution in [0.2, 0.25) is 0 Å². The number of hydrogen-bond donors (Lipinski definition) is 1. The lowest BCUT2D eigenvalue weighted by atomic mass is 9.97. The molecule has 0 spiro atoms. The number of carbonyl (C=O) groups is 2. The van der Waals surface area contributed by atoms with Crippen molar-refractivity contribution in [2.75, 3.05) is 6.54 Å². The molecule has 1 N–H and O–H groups in total. The molecule has 0 aromatic carbocycles. The molecule has 0 radical (unpaired) electrons. The first-order valence-corrected chi connectivity index (χ1v) is 10.1. The predicted molar refractivity (Wildman–Crippen MR) is 113 cm³/mol. The fourth-order valence-electron chi connectivity index (χ4n) is 4.05. The Morgan fingerprint density at radius 1 is 1.16 bits per heavy atom. The Morgan fingerprint density at radius 3 is 2.58 bits per heavy atom. The number of aliphatic hydroxyl groups is 1. The number of aryl methyl sites for hydroxylation is 3. The monoisotopic (exact) mass is 420 g/mol. The molecular weight excluding hydrogens is 396 g/mol. The molecule has 0 aliphatic carbocycles. The number of nitrogens with zero attached hydrogens (tertiary/aromatic N) is 6. The van der Waals surface area contributed by atoms with Crippen molar-refractivity contribution < 1.29 is 14.7 Å². The van der Waals surface area contributed by atoms with E-state index in [1.165, 1.54) is 4.90 Å². The molecule has 0 bridgehead atoms. The predicted octanol–water partition coefficient (Wildman–Crippen LogP) is 2.14. The zero-order chi connectivity index (χ0) is 22.1. The molecule has 1 saturated heterocycles. The molecule has 9 nitrogen and oxygen atoms in total. The summed E-state index contributed by atoms with van der Waals surface area (Å²) < 4.78 is 3.55. The average Bonchev–Trinajstić information content (AvgIpc) is 3.43. The van der Waals surface area contributed by atoms with Crippen LogP contribution in [0.5, 0.6) is 0 Å². The highest BCUT2D eigenvalue weighted by atomic mass is 16.3. The molecule has 31 heavy (non-hydrogen) atoms. The molecule has 1 amide bonds. The lowest BCUT2D eigenvalue weighted by molar-refractivity contribution is -0.140. The van der Waals surface area contributed by atoms with Gasteiger partial charge < -0.3 is 14.6 Å². The molecule has 1 aliphatic rings. The van der Waals surface area contributed by atoms with Crippen molar-refractivity contribution in [3.8, 4) is 0 Å². The van der Waals surface area contributed by atoms with Crippen LogP contribution in [0.25, 0.3) is 5.76 Å². The second-order valence-corrected chi connectivity index (χ2v) is 7.57.